The van der Waals surface area contributed by atoms with Gasteiger partial charge in [-0.15, -0.1) is 11.6 Å². The Hall–Kier alpha value is -1.08. The number of rotatable bonds is 2. The Kier molecular flexibility index (Phi) is 3.15. The fourth-order valence-corrected chi connectivity index (χ4v) is 2.28. The zero-order chi connectivity index (χ0) is 11.7. The minimum absolute atomic E-state index is 0.487. The van der Waals surface area contributed by atoms with Gasteiger partial charge in [-0.25, -0.2) is 0 Å². The quantitative estimate of drug-likeness (QED) is 0.701. The van der Waals surface area contributed by atoms with Crippen molar-refractivity contribution in [1.29, 1.82) is 0 Å². The second kappa shape index (κ2) is 4.42. The van der Waals surface area contributed by atoms with Gasteiger partial charge in [-0.1, -0.05) is 32.0 Å². The summed E-state index contributed by atoms with van der Waals surface area (Å²) < 4.78 is 0. The SMILES string of the molecule is Cc1cc(CCl)c2cccc(C(C)C)c2n1. The van der Waals surface area contributed by atoms with E-state index in [1.165, 1.54) is 16.5 Å². The first-order valence-electron chi connectivity index (χ1n) is 5.58. The molecule has 0 amide bonds. The third-order valence-corrected chi connectivity index (χ3v) is 3.14. The van der Waals surface area contributed by atoms with Crippen molar-refractivity contribution in [2.24, 2.45) is 0 Å². The lowest BCUT2D eigenvalue weighted by Gasteiger charge is -2.12. The third-order valence-electron chi connectivity index (χ3n) is 2.85. The zero-order valence-electron chi connectivity index (χ0n) is 9.92. The van der Waals surface area contributed by atoms with Crippen molar-refractivity contribution in [3.63, 3.8) is 0 Å². The van der Waals surface area contributed by atoms with Gasteiger partial charge in [0.1, 0.15) is 0 Å². The Bertz CT molecular complexity index is 517. The first kappa shape index (κ1) is 11.4. The topological polar surface area (TPSA) is 12.9 Å². The lowest BCUT2D eigenvalue weighted by molar-refractivity contribution is 0.872. The maximum atomic E-state index is 5.98. The van der Waals surface area contributed by atoms with E-state index in [1.54, 1.807) is 0 Å². The van der Waals surface area contributed by atoms with Gasteiger partial charge < -0.3 is 0 Å². The number of pyridine rings is 1. The standard InChI is InChI=1S/C14H16ClN/c1-9(2)12-5-4-6-13-11(8-15)7-10(3)16-14(12)13/h4-7,9H,8H2,1-3H3. The van der Waals surface area contributed by atoms with E-state index in [4.69, 9.17) is 11.6 Å². The van der Waals surface area contributed by atoms with Crippen molar-refractivity contribution in [1.82, 2.24) is 4.98 Å². The van der Waals surface area contributed by atoms with Crippen LogP contribution in [-0.4, -0.2) is 4.98 Å². The van der Waals surface area contributed by atoms with Gasteiger partial charge in [-0.3, -0.25) is 4.98 Å². The molecule has 2 aromatic rings. The molecule has 0 bridgehead atoms. The molecule has 0 atom stereocenters. The molecule has 0 unspecified atom stereocenters. The summed E-state index contributed by atoms with van der Waals surface area (Å²) in [4.78, 5) is 4.65. The van der Waals surface area contributed by atoms with Crippen molar-refractivity contribution >= 4 is 22.5 Å². The Morgan fingerprint density at radius 1 is 1.31 bits per heavy atom. The van der Waals surface area contributed by atoms with E-state index in [2.05, 4.69) is 43.1 Å². The summed E-state index contributed by atoms with van der Waals surface area (Å²) >= 11 is 5.98. The van der Waals surface area contributed by atoms with Crippen LogP contribution >= 0.6 is 11.6 Å². The number of halogens is 1. The first-order valence-corrected chi connectivity index (χ1v) is 6.12. The molecule has 1 aromatic heterocycles. The molecule has 0 fully saturated rings. The zero-order valence-corrected chi connectivity index (χ0v) is 10.7. The second-order valence-electron chi connectivity index (χ2n) is 4.45. The largest absolute Gasteiger partial charge is 0.253 e. The highest BCUT2D eigenvalue weighted by Gasteiger charge is 2.09. The predicted molar refractivity (Wildman–Crippen MR) is 70.1 cm³/mol. The Morgan fingerprint density at radius 3 is 2.69 bits per heavy atom. The molecule has 1 aromatic carbocycles. The van der Waals surface area contributed by atoms with Crippen LogP contribution in [0.2, 0.25) is 0 Å². The van der Waals surface area contributed by atoms with Gasteiger partial charge in [-0.05, 0) is 30.0 Å². The number of aryl methyl sites for hydroxylation is 1. The molecule has 0 N–H and O–H groups in total. The van der Waals surface area contributed by atoms with Gasteiger partial charge in [0.25, 0.3) is 0 Å². The molecule has 0 saturated heterocycles. The number of nitrogens with zero attached hydrogens (tertiary/aromatic N) is 1. The van der Waals surface area contributed by atoms with Crippen LogP contribution < -0.4 is 0 Å². The molecule has 84 valence electrons. The number of fused-ring (bicyclic) bond motifs is 1. The van der Waals surface area contributed by atoms with E-state index in [0.29, 0.717) is 11.8 Å². The van der Waals surface area contributed by atoms with Crippen LogP contribution in [0.25, 0.3) is 10.9 Å². The average Bonchev–Trinajstić information content (AvgIpc) is 2.26. The molecule has 0 saturated carbocycles. The monoisotopic (exact) mass is 233 g/mol. The van der Waals surface area contributed by atoms with E-state index < -0.39 is 0 Å². The van der Waals surface area contributed by atoms with E-state index in [0.717, 1.165) is 11.2 Å². The minimum Gasteiger partial charge on any atom is -0.253 e. The summed E-state index contributed by atoms with van der Waals surface area (Å²) in [7, 11) is 0. The molecule has 0 spiro atoms. The molecule has 0 aliphatic heterocycles. The Morgan fingerprint density at radius 2 is 2.06 bits per heavy atom. The van der Waals surface area contributed by atoms with Gasteiger partial charge in [-0.2, -0.15) is 0 Å². The molecule has 2 heteroatoms. The van der Waals surface area contributed by atoms with Crippen LogP contribution in [0.1, 0.15) is 36.6 Å². The van der Waals surface area contributed by atoms with Crippen molar-refractivity contribution < 1.29 is 0 Å². The lowest BCUT2D eigenvalue weighted by atomic mass is 9.97. The molecule has 0 radical (unpaired) electrons. The number of alkyl halides is 1. The fourth-order valence-electron chi connectivity index (χ4n) is 2.06. The molecule has 2 rings (SSSR count). The number of aromatic nitrogens is 1. The highest BCUT2D eigenvalue weighted by Crippen LogP contribution is 2.27. The Balaban J connectivity index is 2.82. The summed E-state index contributed by atoms with van der Waals surface area (Å²) in [6.45, 7) is 6.41. The van der Waals surface area contributed by atoms with Gasteiger partial charge in [0.05, 0.1) is 5.52 Å². The first-order chi connectivity index (χ1) is 7.63. The van der Waals surface area contributed by atoms with E-state index in [1.807, 2.05) is 6.92 Å². The third kappa shape index (κ3) is 1.92. The average molecular weight is 234 g/mol. The maximum Gasteiger partial charge on any atom is 0.0742 e. The van der Waals surface area contributed by atoms with Crippen LogP contribution in [0.3, 0.4) is 0 Å². The predicted octanol–water partition coefficient (Wildman–Crippen LogP) is 4.41. The molecular formula is C14H16ClN. The summed E-state index contributed by atoms with van der Waals surface area (Å²) in [6, 6.07) is 8.41. The highest BCUT2D eigenvalue weighted by atomic mass is 35.5. The molecule has 1 heterocycles. The fraction of sp³-hybridized carbons (Fsp3) is 0.357. The summed E-state index contributed by atoms with van der Waals surface area (Å²) in [6.07, 6.45) is 0. The molecule has 1 nitrogen and oxygen atoms in total. The van der Waals surface area contributed by atoms with Crippen LogP contribution in [0.4, 0.5) is 0 Å². The molecule has 0 aliphatic rings. The number of hydrogen-bond acceptors (Lipinski definition) is 1. The Labute approximate surface area is 101 Å². The van der Waals surface area contributed by atoms with Gasteiger partial charge in [0.15, 0.2) is 0 Å². The van der Waals surface area contributed by atoms with Crippen molar-refractivity contribution in [2.75, 3.05) is 0 Å². The summed E-state index contributed by atoms with van der Waals surface area (Å²) in [5.41, 5.74) is 4.61. The van der Waals surface area contributed by atoms with Crippen LogP contribution in [0, 0.1) is 6.92 Å². The molecular weight excluding hydrogens is 218 g/mol. The maximum absolute atomic E-state index is 5.98. The molecule has 0 aliphatic carbocycles. The highest BCUT2D eigenvalue weighted by molar-refractivity contribution is 6.18. The van der Waals surface area contributed by atoms with Crippen molar-refractivity contribution in [3.8, 4) is 0 Å². The summed E-state index contributed by atoms with van der Waals surface area (Å²) in [5, 5.41) is 1.19. The van der Waals surface area contributed by atoms with Crippen LogP contribution in [0.15, 0.2) is 24.3 Å². The van der Waals surface area contributed by atoms with Crippen LogP contribution in [-0.2, 0) is 5.88 Å². The molecule has 16 heavy (non-hydrogen) atoms. The van der Waals surface area contributed by atoms with Gasteiger partial charge in [0.2, 0.25) is 0 Å². The number of hydrogen-bond donors (Lipinski definition) is 0. The normalized spacial score (nSPS) is 11.3. The van der Waals surface area contributed by atoms with Crippen molar-refractivity contribution in [3.05, 3.63) is 41.1 Å². The van der Waals surface area contributed by atoms with Crippen LogP contribution in [0.5, 0.6) is 0 Å². The second-order valence-corrected chi connectivity index (χ2v) is 4.72. The summed E-state index contributed by atoms with van der Waals surface area (Å²) in [5.74, 6) is 1.03. The van der Waals surface area contributed by atoms with Gasteiger partial charge >= 0.3 is 0 Å². The number of benzene rings is 1. The smallest absolute Gasteiger partial charge is 0.0742 e. The van der Waals surface area contributed by atoms with E-state index >= 15 is 0 Å². The van der Waals surface area contributed by atoms with Gasteiger partial charge in [0, 0.05) is 17.0 Å². The van der Waals surface area contributed by atoms with E-state index in [-0.39, 0.29) is 0 Å². The number of para-hydroxylation sites is 1. The van der Waals surface area contributed by atoms with E-state index in [9.17, 15) is 0 Å². The van der Waals surface area contributed by atoms with Crippen molar-refractivity contribution in [2.45, 2.75) is 32.6 Å². The minimum atomic E-state index is 0.487. The lowest BCUT2D eigenvalue weighted by Crippen LogP contribution is -1.96.